The van der Waals surface area contributed by atoms with E-state index in [0.717, 1.165) is 37.3 Å². The lowest BCUT2D eigenvalue weighted by molar-refractivity contribution is 0.749. The Morgan fingerprint density at radius 2 is 1.93 bits per heavy atom. The maximum atomic E-state index is 3.87. The topological polar surface area (TPSA) is 15.3 Å². The van der Waals surface area contributed by atoms with Crippen molar-refractivity contribution in [1.82, 2.24) is 0 Å². The van der Waals surface area contributed by atoms with Crippen molar-refractivity contribution in [2.45, 2.75) is 58.8 Å². The van der Waals surface area contributed by atoms with Gasteiger partial charge in [0.05, 0.1) is 0 Å². The lowest BCUT2D eigenvalue weighted by Crippen LogP contribution is -2.16. The van der Waals surface area contributed by atoms with E-state index in [-0.39, 0.29) is 0 Å². The van der Waals surface area contributed by atoms with Gasteiger partial charge in [0.25, 0.3) is 0 Å². The minimum atomic E-state index is 0.900. The second-order valence-corrected chi connectivity index (χ2v) is 7.73. The molecule has 0 amide bonds. The number of benzene rings is 1. The zero-order valence-corrected chi connectivity index (χ0v) is 18.6. The lowest BCUT2D eigenvalue weighted by Gasteiger charge is -2.25. The van der Waals surface area contributed by atoms with Gasteiger partial charge < -0.3 is 10.2 Å². The molecule has 1 aromatic rings. The van der Waals surface area contributed by atoms with Crippen molar-refractivity contribution in [2.24, 2.45) is 5.92 Å². The fourth-order valence-electron chi connectivity index (χ4n) is 3.65. The molecule has 1 aliphatic carbocycles. The number of anilines is 2. The predicted octanol–water partition coefficient (Wildman–Crippen LogP) is 8.09. The summed E-state index contributed by atoms with van der Waals surface area (Å²) >= 11 is 0. The third-order valence-electron chi connectivity index (χ3n) is 5.43. The molecule has 0 aromatic heterocycles. The standard InChI is InChI=1S/C27H38N2/c1-6-10-11-14-24(13-8-3)29(5)25-19-20-27(28-9-4)26(21-25)23(12-7-2)18-17-22-15-16-22/h6,9-13,19-22,28H,1,4,7-8,14-18H2,2-3,5H3/b11-10-,23-12-,24-13?. The Morgan fingerprint density at radius 3 is 2.55 bits per heavy atom. The van der Waals surface area contributed by atoms with Gasteiger partial charge in [-0.1, -0.05) is 70.2 Å². The Kier molecular flexibility index (Phi) is 9.56. The lowest BCUT2D eigenvalue weighted by atomic mass is 9.96. The molecule has 1 aliphatic rings. The maximum absolute atomic E-state index is 3.87. The highest BCUT2D eigenvalue weighted by Crippen LogP contribution is 2.39. The van der Waals surface area contributed by atoms with Crippen LogP contribution in [0.3, 0.4) is 0 Å². The molecule has 156 valence electrons. The molecule has 1 N–H and O–H groups in total. The molecule has 2 heteroatoms. The van der Waals surface area contributed by atoms with Gasteiger partial charge >= 0.3 is 0 Å². The molecule has 2 rings (SSSR count). The molecule has 0 atom stereocenters. The highest BCUT2D eigenvalue weighted by Gasteiger charge is 2.22. The Bertz CT molecular complexity index is 763. The normalized spacial score (nSPS) is 14.9. The van der Waals surface area contributed by atoms with Gasteiger partial charge in [-0.15, -0.1) is 0 Å². The number of hydrogen-bond donors (Lipinski definition) is 1. The summed E-state index contributed by atoms with van der Waals surface area (Å²) in [6.45, 7) is 12.1. The van der Waals surface area contributed by atoms with Crippen LogP contribution in [0.25, 0.3) is 5.57 Å². The first-order valence-electron chi connectivity index (χ1n) is 11.1. The molecule has 0 saturated heterocycles. The van der Waals surface area contributed by atoms with Crippen LogP contribution in [0, 0.1) is 5.92 Å². The monoisotopic (exact) mass is 390 g/mol. The molecule has 1 aromatic carbocycles. The zero-order valence-electron chi connectivity index (χ0n) is 18.6. The van der Waals surface area contributed by atoms with Gasteiger partial charge in [0.15, 0.2) is 0 Å². The number of hydrogen-bond acceptors (Lipinski definition) is 2. The van der Waals surface area contributed by atoms with Crippen molar-refractivity contribution in [3.63, 3.8) is 0 Å². The number of nitrogens with one attached hydrogen (secondary N) is 1. The van der Waals surface area contributed by atoms with Crippen LogP contribution in [0.1, 0.15) is 64.4 Å². The molecule has 0 aliphatic heterocycles. The fourth-order valence-corrected chi connectivity index (χ4v) is 3.65. The molecule has 1 fully saturated rings. The van der Waals surface area contributed by atoms with E-state index in [1.54, 1.807) is 6.20 Å². The molecule has 1 saturated carbocycles. The average molecular weight is 391 g/mol. The first-order valence-corrected chi connectivity index (χ1v) is 11.1. The average Bonchev–Trinajstić information content (AvgIpc) is 3.55. The van der Waals surface area contributed by atoms with Crippen LogP contribution in [0.5, 0.6) is 0 Å². The van der Waals surface area contributed by atoms with Crippen LogP contribution in [-0.2, 0) is 0 Å². The van der Waals surface area contributed by atoms with Gasteiger partial charge in [-0.25, -0.2) is 0 Å². The molecule has 0 heterocycles. The van der Waals surface area contributed by atoms with Crippen molar-refractivity contribution in [3.05, 3.63) is 79.2 Å². The van der Waals surface area contributed by atoms with Crippen LogP contribution in [0.2, 0.25) is 0 Å². The van der Waals surface area contributed by atoms with E-state index in [2.05, 4.69) is 80.7 Å². The second kappa shape index (κ2) is 12.2. The molecule has 29 heavy (non-hydrogen) atoms. The van der Waals surface area contributed by atoms with Gasteiger partial charge in [0.2, 0.25) is 0 Å². The molecular weight excluding hydrogens is 352 g/mol. The number of rotatable bonds is 13. The molecule has 2 nitrogen and oxygen atoms in total. The fraction of sp³-hybridized carbons (Fsp3) is 0.407. The first kappa shape index (κ1) is 22.8. The van der Waals surface area contributed by atoms with E-state index in [9.17, 15) is 0 Å². The minimum absolute atomic E-state index is 0.900. The van der Waals surface area contributed by atoms with E-state index in [1.807, 2.05) is 12.2 Å². The molecule has 0 radical (unpaired) electrons. The van der Waals surface area contributed by atoms with E-state index in [0.29, 0.717) is 0 Å². The van der Waals surface area contributed by atoms with Crippen molar-refractivity contribution in [1.29, 1.82) is 0 Å². The van der Waals surface area contributed by atoms with E-state index >= 15 is 0 Å². The number of allylic oxidation sites excluding steroid dienone is 6. The third-order valence-corrected chi connectivity index (χ3v) is 5.43. The van der Waals surface area contributed by atoms with Crippen LogP contribution >= 0.6 is 0 Å². The summed E-state index contributed by atoms with van der Waals surface area (Å²) < 4.78 is 0. The quantitative estimate of drug-likeness (QED) is 0.342. The predicted molar refractivity (Wildman–Crippen MR) is 131 cm³/mol. The van der Waals surface area contributed by atoms with Gasteiger partial charge in [-0.3, -0.25) is 0 Å². The molecule has 0 spiro atoms. The summed E-state index contributed by atoms with van der Waals surface area (Å²) in [4.78, 5) is 2.31. The third kappa shape index (κ3) is 7.12. The summed E-state index contributed by atoms with van der Waals surface area (Å²) in [6, 6.07) is 6.72. The van der Waals surface area contributed by atoms with E-state index in [1.165, 1.54) is 41.8 Å². The highest BCUT2D eigenvalue weighted by molar-refractivity contribution is 5.80. The highest BCUT2D eigenvalue weighted by atomic mass is 15.1. The Balaban J connectivity index is 2.36. The van der Waals surface area contributed by atoms with E-state index < -0.39 is 0 Å². The van der Waals surface area contributed by atoms with Gasteiger partial charge in [-0.05, 0) is 61.6 Å². The first-order chi connectivity index (χ1) is 14.1. The Morgan fingerprint density at radius 1 is 1.17 bits per heavy atom. The summed E-state index contributed by atoms with van der Waals surface area (Å²) in [7, 11) is 2.16. The Labute approximate surface area is 178 Å². The Hall–Kier alpha value is -2.48. The second-order valence-electron chi connectivity index (χ2n) is 7.73. The van der Waals surface area contributed by atoms with Crippen LogP contribution in [-0.4, -0.2) is 7.05 Å². The number of nitrogens with zero attached hydrogens (tertiary/aromatic N) is 1. The minimum Gasteiger partial charge on any atom is -0.362 e. The van der Waals surface area contributed by atoms with Crippen molar-refractivity contribution >= 4 is 16.9 Å². The van der Waals surface area contributed by atoms with Crippen LogP contribution in [0.4, 0.5) is 11.4 Å². The largest absolute Gasteiger partial charge is 0.362 e. The van der Waals surface area contributed by atoms with Crippen molar-refractivity contribution < 1.29 is 0 Å². The molecule has 0 bridgehead atoms. The summed E-state index contributed by atoms with van der Waals surface area (Å²) in [5.74, 6) is 0.938. The molecular formula is C27H38N2. The SMILES string of the molecule is C=C/C=C\CC(=CCC)N(C)c1ccc(NC=C)c(/C(=C\CC)CCC2CC2)c1. The molecule has 0 unspecified atom stereocenters. The van der Waals surface area contributed by atoms with Gasteiger partial charge in [-0.2, -0.15) is 0 Å². The summed E-state index contributed by atoms with van der Waals surface area (Å²) in [5.41, 5.74) is 6.41. The van der Waals surface area contributed by atoms with Crippen LogP contribution < -0.4 is 10.2 Å². The zero-order chi connectivity index (χ0) is 21.1. The van der Waals surface area contributed by atoms with Gasteiger partial charge in [0.1, 0.15) is 0 Å². The summed E-state index contributed by atoms with van der Waals surface area (Å²) in [5, 5.41) is 3.35. The van der Waals surface area contributed by atoms with Gasteiger partial charge in [0, 0.05) is 36.1 Å². The van der Waals surface area contributed by atoms with Crippen molar-refractivity contribution in [3.8, 4) is 0 Å². The maximum Gasteiger partial charge on any atom is 0.0457 e. The smallest absolute Gasteiger partial charge is 0.0457 e. The van der Waals surface area contributed by atoms with Crippen LogP contribution in [0.15, 0.2) is 73.6 Å². The van der Waals surface area contributed by atoms with E-state index in [4.69, 9.17) is 0 Å². The summed E-state index contributed by atoms with van der Waals surface area (Å²) in [6.07, 6.45) is 20.7. The van der Waals surface area contributed by atoms with Crippen molar-refractivity contribution in [2.75, 3.05) is 17.3 Å².